The number of hydrogen-bond donors (Lipinski definition) is 1. The minimum Gasteiger partial charge on any atom is -0.469 e. The Bertz CT molecular complexity index is 691. The lowest BCUT2D eigenvalue weighted by molar-refractivity contribution is -0.123. The van der Waals surface area contributed by atoms with Gasteiger partial charge in [-0.25, -0.2) is 13.6 Å². The van der Waals surface area contributed by atoms with Crippen molar-refractivity contribution < 1.29 is 27.5 Å². The Kier molecular flexibility index (Phi) is 4.55. The largest absolute Gasteiger partial charge is 0.469 e. The van der Waals surface area contributed by atoms with Gasteiger partial charge in [-0.05, 0) is 32.0 Å². The van der Waals surface area contributed by atoms with Gasteiger partial charge in [0.25, 0.3) is 5.91 Å². The van der Waals surface area contributed by atoms with Crippen LogP contribution in [0, 0.1) is 18.6 Å². The van der Waals surface area contributed by atoms with Crippen LogP contribution in [0.4, 0.5) is 14.5 Å². The van der Waals surface area contributed by atoms with E-state index in [1.807, 2.05) is 0 Å². The Hall–Kier alpha value is -2.70. The van der Waals surface area contributed by atoms with Crippen molar-refractivity contribution >= 4 is 17.6 Å². The molecule has 0 saturated carbocycles. The summed E-state index contributed by atoms with van der Waals surface area (Å²) >= 11 is 0. The summed E-state index contributed by atoms with van der Waals surface area (Å²) in [5, 5.41) is 2.05. The van der Waals surface area contributed by atoms with E-state index >= 15 is 0 Å². The number of carbonyl (C=O) groups excluding carboxylic acids is 2. The van der Waals surface area contributed by atoms with Crippen LogP contribution < -0.4 is 5.32 Å². The summed E-state index contributed by atoms with van der Waals surface area (Å²) in [7, 11) is 0. The zero-order valence-corrected chi connectivity index (χ0v) is 11.9. The molecule has 1 atom stereocenters. The van der Waals surface area contributed by atoms with Gasteiger partial charge in [0.15, 0.2) is 6.10 Å². The number of esters is 1. The summed E-state index contributed by atoms with van der Waals surface area (Å²) in [5.74, 6) is -3.10. The molecule has 0 unspecified atom stereocenters. The number of hydrogen-bond acceptors (Lipinski definition) is 4. The molecule has 2 rings (SSSR count). The fraction of sp³-hybridized carbons (Fsp3) is 0.200. The first kappa shape index (κ1) is 15.7. The molecule has 1 heterocycles. The Morgan fingerprint density at radius 1 is 1.23 bits per heavy atom. The van der Waals surface area contributed by atoms with Gasteiger partial charge in [0.05, 0.1) is 6.26 Å². The van der Waals surface area contributed by atoms with E-state index < -0.39 is 35.3 Å². The highest BCUT2D eigenvalue weighted by molar-refractivity contribution is 5.97. The Labute approximate surface area is 124 Å². The van der Waals surface area contributed by atoms with Gasteiger partial charge in [-0.2, -0.15) is 0 Å². The topological polar surface area (TPSA) is 68.5 Å². The summed E-state index contributed by atoms with van der Waals surface area (Å²) in [4.78, 5) is 23.7. The van der Waals surface area contributed by atoms with Gasteiger partial charge in [0.2, 0.25) is 0 Å². The third-order valence-corrected chi connectivity index (χ3v) is 2.94. The highest BCUT2D eigenvalue weighted by Crippen LogP contribution is 2.19. The smallest absolute Gasteiger partial charge is 0.342 e. The molecule has 22 heavy (non-hydrogen) atoms. The highest BCUT2D eigenvalue weighted by Gasteiger charge is 2.23. The fourth-order valence-corrected chi connectivity index (χ4v) is 1.72. The Morgan fingerprint density at radius 3 is 2.41 bits per heavy atom. The second-order valence-electron chi connectivity index (χ2n) is 4.52. The predicted octanol–water partition coefficient (Wildman–Crippen LogP) is 3.05. The molecule has 0 saturated heterocycles. The Morgan fingerprint density at radius 2 is 1.86 bits per heavy atom. The zero-order chi connectivity index (χ0) is 16.3. The predicted molar refractivity (Wildman–Crippen MR) is 73.3 cm³/mol. The molecule has 5 nitrogen and oxygen atoms in total. The van der Waals surface area contributed by atoms with Crippen LogP contribution in [0.3, 0.4) is 0 Å². The van der Waals surface area contributed by atoms with Crippen molar-refractivity contribution in [2.24, 2.45) is 0 Å². The van der Waals surface area contributed by atoms with Gasteiger partial charge in [0, 0.05) is 0 Å². The van der Waals surface area contributed by atoms with Gasteiger partial charge in [-0.1, -0.05) is 6.07 Å². The van der Waals surface area contributed by atoms with E-state index in [-0.39, 0.29) is 5.56 Å². The average Bonchev–Trinajstić information content (AvgIpc) is 2.89. The number of aryl methyl sites for hydroxylation is 1. The van der Waals surface area contributed by atoms with Crippen molar-refractivity contribution in [3.8, 4) is 0 Å². The maximum atomic E-state index is 13.4. The third-order valence-electron chi connectivity index (χ3n) is 2.94. The van der Waals surface area contributed by atoms with E-state index in [0.717, 1.165) is 12.1 Å². The number of para-hydroxylation sites is 1. The molecule has 0 aliphatic rings. The van der Waals surface area contributed by atoms with Crippen LogP contribution in [-0.2, 0) is 9.53 Å². The van der Waals surface area contributed by atoms with E-state index in [0.29, 0.717) is 5.76 Å². The number of ether oxygens (including phenoxy) is 1. The number of benzene rings is 1. The van der Waals surface area contributed by atoms with Gasteiger partial charge >= 0.3 is 5.97 Å². The monoisotopic (exact) mass is 309 g/mol. The first-order chi connectivity index (χ1) is 10.4. The quantitative estimate of drug-likeness (QED) is 0.881. The minimum atomic E-state index is -1.24. The van der Waals surface area contributed by atoms with Crippen molar-refractivity contribution in [1.29, 1.82) is 0 Å². The molecule has 1 aromatic carbocycles. The lowest BCUT2D eigenvalue weighted by Gasteiger charge is -2.14. The van der Waals surface area contributed by atoms with Gasteiger partial charge in [0.1, 0.15) is 28.6 Å². The molecule has 116 valence electrons. The van der Waals surface area contributed by atoms with Crippen LogP contribution in [0.5, 0.6) is 0 Å². The maximum Gasteiger partial charge on any atom is 0.342 e. The van der Waals surface area contributed by atoms with Crippen LogP contribution in [-0.4, -0.2) is 18.0 Å². The summed E-state index contributed by atoms with van der Waals surface area (Å²) in [5.41, 5.74) is -0.411. The number of rotatable bonds is 4. The second-order valence-corrected chi connectivity index (χ2v) is 4.52. The SMILES string of the molecule is Cc1occc1C(=O)O[C@@H](C)C(=O)Nc1c(F)cccc1F. The number of nitrogens with one attached hydrogen (secondary N) is 1. The molecule has 0 radical (unpaired) electrons. The summed E-state index contributed by atoms with van der Waals surface area (Å²) in [6, 6.07) is 4.58. The van der Waals surface area contributed by atoms with Crippen LogP contribution in [0.2, 0.25) is 0 Å². The standard InChI is InChI=1S/C15H13F2NO4/c1-8-10(6-7-21-8)15(20)22-9(2)14(19)18-13-11(16)4-3-5-12(13)17/h3-7,9H,1-2H3,(H,18,19)/t9-/m0/s1. The second kappa shape index (κ2) is 6.38. The molecular formula is C15H13F2NO4. The lowest BCUT2D eigenvalue weighted by Crippen LogP contribution is -2.30. The van der Waals surface area contributed by atoms with Crippen LogP contribution >= 0.6 is 0 Å². The van der Waals surface area contributed by atoms with Gasteiger partial charge < -0.3 is 14.5 Å². The molecule has 0 fully saturated rings. The number of furan rings is 1. The van der Waals surface area contributed by atoms with E-state index in [9.17, 15) is 18.4 Å². The normalized spacial score (nSPS) is 11.8. The lowest BCUT2D eigenvalue weighted by atomic mass is 10.2. The molecule has 1 aromatic heterocycles. The van der Waals surface area contributed by atoms with Crippen molar-refractivity contribution in [3.05, 3.63) is 53.5 Å². The minimum absolute atomic E-state index is 0.178. The molecule has 1 N–H and O–H groups in total. The van der Waals surface area contributed by atoms with Crippen molar-refractivity contribution in [2.45, 2.75) is 20.0 Å². The Balaban J connectivity index is 2.04. The summed E-state index contributed by atoms with van der Waals surface area (Å²) in [6.45, 7) is 2.86. The van der Waals surface area contributed by atoms with Crippen LogP contribution in [0.15, 0.2) is 34.9 Å². The van der Waals surface area contributed by atoms with E-state index in [1.54, 1.807) is 6.92 Å². The number of halogens is 2. The van der Waals surface area contributed by atoms with Crippen molar-refractivity contribution in [1.82, 2.24) is 0 Å². The third kappa shape index (κ3) is 3.30. The molecule has 0 aliphatic carbocycles. The first-order valence-corrected chi connectivity index (χ1v) is 6.40. The molecule has 1 amide bonds. The van der Waals surface area contributed by atoms with E-state index in [4.69, 9.17) is 9.15 Å². The highest BCUT2D eigenvalue weighted by atomic mass is 19.1. The number of anilines is 1. The first-order valence-electron chi connectivity index (χ1n) is 6.40. The number of carbonyl (C=O) groups is 2. The van der Waals surface area contributed by atoms with Crippen LogP contribution in [0.1, 0.15) is 23.0 Å². The molecule has 0 spiro atoms. The summed E-state index contributed by atoms with van der Waals surface area (Å²) in [6.07, 6.45) is 0.0755. The average molecular weight is 309 g/mol. The van der Waals surface area contributed by atoms with Crippen molar-refractivity contribution in [2.75, 3.05) is 5.32 Å². The van der Waals surface area contributed by atoms with Crippen molar-refractivity contribution in [3.63, 3.8) is 0 Å². The van der Waals surface area contributed by atoms with Gasteiger partial charge in [-0.3, -0.25) is 4.79 Å². The molecule has 0 bridgehead atoms. The number of amides is 1. The molecule has 7 heteroatoms. The van der Waals surface area contributed by atoms with E-state index in [2.05, 4.69) is 5.32 Å². The summed E-state index contributed by atoms with van der Waals surface area (Å²) < 4.78 is 36.8. The zero-order valence-electron chi connectivity index (χ0n) is 11.9. The molecule has 0 aliphatic heterocycles. The fourth-order valence-electron chi connectivity index (χ4n) is 1.72. The molecular weight excluding hydrogens is 296 g/mol. The van der Waals surface area contributed by atoms with Crippen LogP contribution in [0.25, 0.3) is 0 Å². The maximum absolute atomic E-state index is 13.4. The van der Waals surface area contributed by atoms with E-state index in [1.165, 1.54) is 25.3 Å². The van der Waals surface area contributed by atoms with Gasteiger partial charge in [-0.15, -0.1) is 0 Å². The molecule has 2 aromatic rings.